The molecule has 1 aliphatic heterocycles. The number of anilines is 1. The van der Waals surface area contributed by atoms with E-state index in [1.54, 1.807) is 28.7 Å². The van der Waals surface area contributed by atoms with Crippen LogP contribution in [0.1, 0.15) is 11.5 Å². The third-order valence-electron chi connectivity index (χ3n) is 6.73. The summed E-state index contributed by atoms with van der Waals surface area (Å²) in [4.78, 5) is 15.5. The fraction of sp³-hybridized carbons (Fsp3) is 0.296. The zero-order chi connectivity index (χ0) is 27.5. The first-order valence-corrected chi connectivity index (χ1v) is 13.2. The van der Waals surface area contributed by atoms with Crippen molar-refractivity contribution in [2.45, 2.75) is 12.0 Å². The van der Waals surface area contributed by atoms with Gasteiger partial charge in [0, 0.05) is 51.5 Å². The molecule has 1 aliphatic rings. The van der Waals surface area contributed by atoms with Gasteiger partial charge in [-0.2, -0.15) is 10.2 Å². The highest BCUT2D eigenvalue weighted by Gasteiger charge is 2.35. The van der Waals surface area contributed by atoms with Crippen molar-refractivity contribution < 1.29 is 18.3 Å². The van der Waals surface area contributed by atoms with Crippen molar-refractivity contribution in [3.05, 3.63) is 82.6 Å². The summed E-state index contributed by atoms with van der Waals surface area (Å²) in [6.45, 7) is 2.26. The Hall–Kier alpha value is -3.61. The number of rotatable bonds is 8. The van der Waals surface area contributed by atoms with Crippen LogP contribution in [0.2, 0.25) is 0 Å². The Bertz CT molecular complexity index is 1460. The van der Waals surface area contributed by atoms with Crippen LogP contribution in [0.15, 0.2) is 65.4 Å². The number of nitrogens with zero attached hydrogens (tertiary/aromatic N) is 5. The Kier molecular flexibility index (Phi) is 8.05. The number of carbonyl (C=O) groups excluding carboxylic acids is 1. The molecule has 0 aliphatic carbocycles. The van der Waals surface area contributed by atoms with Crippen molar-refractivity contribution in [3.63, 3.8) is 0 Å². The second-order valence-corrected chi connectivity index (χ2v) is 10.2. The number of para-hydroxylation sites is 1. The third-order valence-corrected chi connectivity index (χ3v) is 7.49. The van der Waals surface area contributed by atoms with Crippen molar-refractivity contribution in [2.24, 2.45) is 7.05 Å². The summed E-state index contributed by atoms with van der Waals surface area (Å²) in [5.74, 6) is -1.62. The first-order chi connectivity index (χ1) is 18.8. The number of likely N-dealkylation sites (tertiary alicyclic amines) is 1. The molecule has 0 spiro atoms. The molecule has 2 aromatic carbocycles. The second kappa shape index (κ2) is 11.6. The van der Waals surface area contributed by atoms with Gasteiger partial charge in [0.2, 0.25) is 0 Å². The average Bonchev–Trinajstić information content (AvgIpc) is 3.62. The van der Waals surface area contributed by atoms with Crippen LogP contribution in [0.3, 0.4) is 0 Å². The number of amides is 2. The highest BCUT2D eigenvalue weighted by Crippen LogP contribution is 2.36. The first kappa shape index (κ1) is 27.0. The molecule has 2 aromatic heterocycles. The number of aromatic nitrogens is 4. The van der Waals surface area contributed by atoms with Crippen LogP contribution in [0, 0.1) is 11.6 Å². The fourth-order valence-corrected chi connectivity index (χ4v) is 5.39. The smallest absolute Gasteiger partial charge is 0.320 e. The van der Waals surface area contributed by atoms with Gasteiger partial charge in [0.05, 0.1) is 29.0 Å². The van der Waals surface area contributed by atoms with Gasteiger partial charge >= 0.3 is 6.03 Å². The highest BCUT2D eigenvalue weighted by molar-refractivity contribution is 9.10. The van der Waals surface area contributed by atoms with Crippen LogP contribution < -0.4 is 10.6 Å². The first-order valence-electron chi connectivity index (χ1n) is 12.4. The Balaban J connectivity index is 1.42. The zero-order valence-corrected chi connectivity index (χ0v) is 23.0. The quantitative estimate of drug-likeness (QED) is 0.310. The standard InChI is InChI=1S/C27H28BrF2N7O2/c1-35-14-18(13-31-35)25-24(28)26(37(34-25)19-6-4-3-5-7-19)33-27(38)32-23-16-36(10-11-39-2)15-20(23)17-8-9-21(29)22(30)12-17/h3-9,12-14,20,23H,10-11,15-16H2,1-2H3,(H2,32,33,38). The Morgan fingerprint density at radius 1 is 1.15 bits per heavy atom. The number of carbonyl (C=O) groups is 1. The molecule has 4 aromatic rings. The predicted molar refractivity (Wildman–Crippen MR) is 147 cm³/mol. The summed E-state index contributed by atoms with van der Waals surface area (Å²) in [7, 11) is 3.44. The summed E-state index contributed by atoms with van der Waals surface area (Å²) in [6.07, 6.45) is 3.54. The van der Waals surface area contributed by atoms with Crippen LogP contribution in [0.25, 0.3) is 16.9 Å². The number of methoxy groups -OCH3 is 1. The van der Waals surface area contributed by atoms with E-state index in [9.17, 15) is 13.6 Å². The molecule has 204 valence electrons. The molecule has 0 bridgehead atoms. The fourth-order valence-electron chi connectivity index (χ4n) is 4.82. The topological polar surface area (TPSA) is 89.2 Å². The summed E-state index contributed by atoms with van der Waals surface area (Å²) in [6, 6.07) is 12.5. The second-order valence-electron chi connectivity index (χ2n) is 9.40. The molecule has 0 saturated carbocycles. The number of halogens is 3. The van der Waals surface area contributed by atoms with E-state index in [2.05, 4.69) is 36.6 Å². The minimum Gasteiger partial charge on any atom is -0.383 e. The van der Waals surface area contributed by atoms with Gasteiger partial charge in [-0.15, -0.1) is 0 Å². The molecule has 39 heavy (non-hydrogen) atoms. The van der Waals surface area contributed by atoms with E-state index in [1.165, 1.54) is 6.07 Å². The molecule has 1 fully saturated rings. The van der Waals surface area contributed by atoms with E-state index < -0.39 is 17.7 Å². The van der Waals surface area contributed by atoms with Crippen molar-refractivity contribution in [2.75, 3.05) is 38.7 Å². The van der Waals surface area contributed by atoms with Gasteiger partial charge in [-0.05, 0) is 45.8 Å². The van der Waals surface area contributed by atoms with Gasteiger partial charge < -0.3 is 10.1 Å². The molecule has 2 amide bonds. The van der Waals surface area contributed by atoms with Crippen molar-refractivity contribution in [1.82, 2.24) is 29.8 Å². The lowest BCUT2D eigenvalue weighted by molar-refractivity contribution is 0.159. The summed E-state index contributed by atoms with van der Waals surface area (Å²) in [5.41, 5.74) is 2.78. The van der Waals surface area contributed by atoms with Crippen LogP contribution in [0.5, 0.6) is 0 Å². The monoisotopic (exact) mass is 599 g/mol. The molecule has 2 N–H and O–H groups in total. The van der Waals surface area contributed by atoms with E-state index in [4.69, 9.17) is 9.84 Å². The lowest BCUT2D eigenvalue weighted by atomic mass is 9.94. The molecule has 0 radical (unpaired) electrons. The summed E-state index contributed by atoms with van der Waals surface area (Å²) in [5, 5.41) is 15.0. The SMILES string of the molecule is COCCN1CC(NC(=O)Nc2c(Br)c(-c3cnn(C)c3)nn2-c2ccccc2)C(c2ccc(F)c(F)c2)C1. The number of hydrogen-bond donors (Lipinski definition) is 2. The molecule has 3 heterocycles. The zero-order valence-electron chi connectivity index (χ0n) is 21.4. The lowest BCUT2D eigenvalue weighted by Gasteiger charge is -2.21. The van der Waals surface area contributed by atoms with Crippen LogP contribution in [-0.2, 0) is 11.8 Å². The van der Waals surface area contributed by atoms with Crippen molar-refractivity contribution >= 4 is 27.8 Å². The number of hydrogen-bond acceptors (Lipinski definition) is 5. The molecule has 1 saturated heterocycles. The maximum absolute atomic E-state index is 14.1. The third kappa shape index (κ3) is 5.87. The Morgan fingerprint density at radius 3 is 2.64 bits per heavy atom. The van der Waals surface area contributed by atoms with Crippen LogP contribution >= 0.6 is 15.9 Å². The average molecular weight is 600 g/mol. The van der Waals surface area contributed by atoms with E-state index >= 15 is 0 Å². The van der Waals surface area contributed by atoms with E-state index in [1.807, 2.05) is 43.6 Å². The number of urea groups is 1. The molecule has 2 atom stereocenters. The van der Waals surface area contributed by atoms with Crippen molar-refractivity contribution in [1.29, 1.82) is 0 Å². The number of aryl methyl sites for hydroxylation is 1. The Labute approximate surface area is 232 Å². The van der Waals surface area contributed by atoms with Gasteiger partial charge in [0.1, 0.15) is 5.69 Å². The summed E-state index contributed by atoms with van der Waals surface area (Å²) >= 11 is 3.63. The van der Waals surface area contributed by atoms with Gasteiger partial charge in [-0.25, -0.2) is 18.3 Å². The molecule has 12 heteroatoms. The minimum atomic E-state index is -0.912. The normalized spacial score (nSPS) is 17.5. The van der Waals surface area contributed by atoms with Gasteiger partial charge in [-0.1, -0.05) is 24.3 Å². The van der Waals surface area contributed by atoms with Gasteiger partial charge in [-0.3, -0.25) is 14.9 Å². The molecule has 2 unspecified atom stereocenters. The van der Waals surface area contributed by atoms with Gasteiger partial charge in [0.25, 0.3) is 0 Å². The molecule has 5 rings (SSSR count). The number of ether oxygens (including phenoxy) is 1. The van der Waals surface area contributed by atoms with Crippen LogP contribution in [0.4, 0.5) is 19.4 Å². The molecule has 9 nitrogen and oxygen atoms in total. The van der Waals surface area contributed by atoms with Gasteiger partial charge in [0.15, 0.2) is 17.5 Å². The molecular formula is C27H28BrF2N7O2. The Morgan fingerprint density at radius 2 is 1.95 bits per heavy atom. The number of nitrogens with one attached hydrogen (secondary N) is 2. The van der Waals surface area contributed by atoms with Crippen LogP contribution in [-0.4, -0.2) is 69.9 Å². The van der Waals surface area contributed by atoms with E-state index in [0.29, 0.717) is 47.8 Å². The summed E-state index contributed by atoms with van der Waals surface area (Å²) < 4.78 is 36.8. The molecular weight excluding hydrogens is 572 g/mol. The predicted octanol–water partition coefficient (Wildman–Crippen LogP) is 4.55. The largest absolute Gasteiger partial charge is 0.383 e. The maximum Gasteiger partial charge on any atom is 0.320 e. The van der Waals surface area contributed by atoms with Crippen molar-refractivity contribution in [3.8, 4) is 16.9 Å². The maximum atomic E-state index is 14.1. The van der Waals surface area contributed by atoms with E-state index in [0.717, 1.165) is 17.3 Å². The lowest BCUT2D eigenvalue weighted by Crippen LogP contribution is -2.42. The number of benzene rings is 2. The highest BCUT2D eigenvalue weighted by atomic mass is 79.9. The minimum absolute atomic E-state index is 0.240. The van der Waals surface area contributed by atoms with E-state index in [-0.39, 0.29) is 12.0 Å².